The highest BCUT2D eigenvalue weighted by Crippen LogP contribution is 2.25. The van der Waals surface area contributed by atoms with Gasteiger partial charge >= 0.3 is 6.36 Å². The molecule has 2 amide bonds. The van der Waals surface area contributed by atoms with E-state index in [9.17, 15) is 22.8 Å². The first kappa shape index (κ1) is 25.9. The number of nitrogens with zero attached hydrogens (tertiary/aromatic N) is 4. The molecule has 4 rings (SSSR count). The molecule has 3 heterocycles. The first-order valence-corrected chi connectivity index (χ1v) is 11.7. The molecule has 2 aromatic heterocycles. The molecule has 0 aliphatic carbocycles. The molecule has 1 aliphatic rings. The van der Waals surface area contributed by atoms with E-state index in [1.165, 1.54) is 36.4 Å². The number of halogens is 3. The van der Waals surface area contributed by atoms with Crippen molar-refractivity contribution in [3.8, 4) is 5.75 Å². The van der Waals surface area contributed by atoms with Crippen LogP contribution in [0.5, 0.6) is 5.75 Å². The summed E-state index contributed by atoms with van der Waals surface area (Å²) in [5.41, 5.74) is 3.53. The van der Waals surface area contributed by atoms with Crippen molar-refractivity contribution in [2.45, 2.75) is 39.1 Å². The van der Waals surface area contributed by atoms with E-state index in [1.807, 2.05) is 24.8 Å². The van der Waals surface area contributed by atoms with Gasteiger partial charge in [0.2, 0.25) is 5.91 Å². The number of carbonyl (C=O) groups excluding carboxylic acids is 2. The molecule has 1 saturated heterocycles. The summed E-state index contributed by atoms with van der Waals surface area (Å²) in [5, 5.41) is 7.08. The summed E-state index contributed by atoms with van der Waals surface area (Å²) in [6.45, 7) is 5.02. The molecule has 1 aromatic carbocycles. The molecule has 0 saturated carbocycles. The van der Waals surface area contributed by atoms with Crippen LogP contribution >= 0.6 is 0 Å². The van der Waals surface area contributed by atoms with Crippen LogP contribution in [0.2, 0.25) is 0 Å². The Balaban J connectivity index is 1.27. The van der Waals surface area contributed by atoms with Gasteiger partial charge < -0.3 is 15.0 Å². The third-order valence-corrected chi connectivity index (χ3v) is 6.12. The van der Waals surface area contributed by atoms with Gasteiger partial charge in [0.05, 0.1) is 23.5 Å². The lowest BCUT2D eigenvalue weighted by atomic mass is 10.0. The Labute approximate surface area is 211 Å². The highest BCUT2D eigenvalue weighted by molar-refractivity contribution is 6.01. The molecule has 1 fully saturated rings. The van der Waals surface area contributed by atoms with Crippen LogP contribution in [0, 0.1) is 13.8 Å². The zero-order chi connectivity index (χ0) is 26.6. The van der Waals surface area contributed by atoms with E-state index in [0.29, 0.717) is 29.9 Å². The van der Waals surface area contributed by atoms with Crippen molar-refractivity contribution < 1.29 is 27.5 Å². The number of benzene rings is 1. The summed E-state index contributed by atoms with van der Waals surface area (Å²) in [6.07, 6.45) is 4.37. The number of hydrogen-bond donors (Lipinski definition) is 1. The maximum Gasteiger partial charge on any atom is 0.573 e. The molecule has 1 N–H and O–H groups in total. The quantitative estimate of drug-likeness (QED) is 0.473. The molecule has 0 atom stereocenters. The summed E-state index contributed by atoms with van der Waals surface area (Å²) < 4.78 is 42.4. The maximum absolute atomic E-state index is 12.8. The number of hydrogen-bond acceptors (Lipinski definition) is 5. The van der Waals surface area contributed by atoms with Crippen molar-refractivity contribution >= 4 is 23.6 Å². The molecule has 1 aliphatic heterocycles. The monoisotopic (exact) mass is 513 g/mol. The van der Waals surface area contributed by atoms with Crippen LogP contribution in [0.25, 0.3) is 6.08 Å². The topological polar surface area (TPSA) is 89.4 Å². The summed E-state index contributed by atoms with van der Waals surface area (Å²) in [4.78, 5) is 31.2. The number of rotatable bonds is 6. The van der Waals surface area contributed by atoms with E-state index in [1.54, 1.807) is 23.3 Å². The smallest absolute Gasteiger partial charge is 0.406 e. The Morgan fingerprint density at radius 3 is 2.46 bits per heavy atom. The van der Waals surface area contributed by atoms with Crippen LogP contribution in [-0.2, 0) is 4.79 Å². The molecule has 0 unspecified atom stereocenters. The van der Waals surface area contributed by atoms with Crippen molar-refractivity contribution in [3.05, 3.63) is 77.4 Å². The zero-order valence-electron chi connectivity index (χ0n) is 20.3. The second-order valence-corrected chi connectivity index (χ2v) is 8.80. The van der Waals surface area contributed by atoms with Crippen molar-refractivity contribution in [3.63, 3.8) is 0 Å². The van der Waals surface area contributed by atoms with Crippen molar-refractivity contribution in [1.29, 1.82) is 0 Å². The Bertz CT molecular complexity index is 1290. The maximum atomic E-state index is 12.8. The average molecular weight is 514 g/mol. The number of nitrogens with one attached hydrogen (secondary N) is 1. The van der Waals surface area contributed by atoms with Gasteiger partial charge in [-0.15, -0.1) is 13.2 Å². The van der Waals surface area contributed by atoms with Crippen molar-refractivity contribution in [2.75, 3.05) is 18.4 Å². The number of amides is 2. The van der Waals surface area contributed by atoms with Crippen molar-refractivity contribution in [2.24, 2.45) is 0 Å². The Kier molecular flexibility index (Phi) is 7.61. The molecule has 37 heavy (non-hydrogen) atoms. The fraction of sp³-hybridized carbons (Fsp3) is 0.308. The number of ether oxygens (including phenoxy) is 1. The minimum Gasteiger partial charge on any atom is -0.406 e. The van der Waals surface area contributed by atoms with Crippen molar-refractivity contribution in [1.82, 2.24) is 19.7 Å². The fourth-order valence-corrected chi connectivity index (χ4v) is 4.01. The Morgan fingerprint density at radius 1 is 1.11 bits per heavy atom. The van der Waals surface area contributed by atoms with Gasteiger partial charge in [0, 0.05) is 37.3 Å². The number of anilines is 1. The number of aromatic nitrogens is 3. The zero-order valence-corrected chi connectivity index (χ0v) is 20.3. The van der Waals surface area contributed by atoms with E-state index in [-0.39, 0.29) is 17.7 Å². The number of aryl methyl sites for hydroxylation is 2. The second-order valence-electron chi connectivity index (χ2n) is 8.80. The molecule has 11 heteroatoms. The minimum atomic E-state index is -4.76. The minimum absolute atomic E-state index is 0.0308. The molecule has 0 spiro atoms. The van der Waals surface area contributed by atoms with Gasteiger partial charge in [-0.05, 0) is 62.1 Å². The Morgan fingerprint density at radius 2 is 1.81 bits per heavy atom. The number of piperidine rings is 1. The number of alkyl halides is 3. The molecular weight excluding hydrogens is 487 g/mol. The van der Waals surface area contributed by atoms with E-state index in [2.05, 4.69) is 20.1 Å². The van der Waals surface area contributed by atoms with Crippen LogP contribution in [-0.4, -0.2) is 50.9 Å². The van der Waals surface area contributed by atoms with Crippen LogP contribution < -0.4 is 10.1 Å². The van der Waals surface area contributed by atoms with E-state index >= 15 is 0 Å². The number of likely N-dealkylation sites (tertiary alicyclic amines) is 1. The predicted molar refractivity (Wildman–Crippen MR) is 131 cm³/mol. The molecule has 0 radical (unpaired) electrons. The van der Waals surface area contributed by atoms with Crippen LogP contribution in [0.1, 0.15) is 46.1 Å². The molecule has 194 valence electrons. The molecular formula is C26H26F3N5O3. The summed E-state index contributed by atoms with van der Waals surface area (Å²) >= 11 is 0. The number of carbonyl (C=O) groups is 2. The largest absolute Gasteiger partial charge is 0.573 e. The normalized spacial score (nSPS) is 14.7. The standard InChI is InChI=1S/C26H26F3N5O3/c1-17-13-20(14-30-18(17)2)25(36)33-11-9-22(10-12-33)34-16-21(15-31-34)32-24(35)8-5-19-3-6-23(7-4-19)37-26(27,28)29/h3-8,13-16,22H,9-12H2,1-2H3,(H,32,35)/b8-5+. The molecule has 8 nitrogen and oxygen atoms in total. The van der Waals surface area contributed by atoms with E-state index in [4.69, 9.17) is 0 Å². The first-order valence-electron chi connectivity index (χ1n) is 11.7. The highest BCUT2D eigenvalue weighted by Gasteiger charge is 2.31. The van der Waals surface area contributed by atoms with Gasteiger partial charge in [-0.2, -0.15) is 5.10 Å². The van der Waals surface area contributed by atoms with E-state index < -0.39 is 12.3 Å². The lowest BCUT2D eigenvalue weighted by Gasteiger charge is -2.32. The first-order chi connectivity index (χ1) is 17.6. The number of pyridine rings is 1. The molecule has 3 aromatic rings. The Hall–Kier alpha value is -4.15. The highest BCUT2D eigenvalue weighted by atomic mass is 19.4. The average Bonchev–Trinajstić information content (AvgIpc) is 3.32. The third kappa shape index (κ3) is 6.96. The van der Waals surface area contributed by atoms with Gasteiger partial charge in [-0.3, -0.25) is 19.3 Å². The summed E-state index contributed by atoms with van der Waals surface area (Å²) in [5.74, 6) is -0.770. The van der Waals surface area contributed by atoms with Crippen LogP contribution in [0.3, 0.4) is 0 Å². The summed E-state index contributed by atoms with van der Waals surface area (Å²) in [7, 11) is 0. The fourth-order valence-electron chi connectivity index (χ4n) is 4.01. The van der Waals surface area contributed by atoms with Gasteiger partial charge in [-0.1, -0.05) is 12.1 Å². The van der Waals surface area contributed by atoms with Gasteiger partial charge in [-0.25, -0.2) is 0 Å². The lowest BCUT2D eigenvalue weighted by Crippen LogP contribution is -2.39. The second kappa shape index (κ2) is 10.9. The predicted octanol–water partition coefficient (Wildman–Crippen LogP) is 4.92. The third-order valence-electron chi connectivity index (χ3n) is 6.12. The SMILES string of the molecule is Cc1cc(C(=O)N2CCC(n3cc(NC(=O)/C=C/c4ccc(OC(F)(F)F)cc4)cn3)CC2)cnc1C. The van der Waals surface area contributed by atoms with Crippen LogP contribution in [0.4, 0.5) is 18.9 Å². The molecule has 0 bridgehead atoms. The summed E-state index contributed by atoms with van der Waals surface area (Å²) in [6, 6.07) is 7.14. The van der Waals surface area contributed by atoms with Gasteiger partial charge in [0.25, 0.3) is 5.91 Å². The van der Waals surface area contributed by atoms with Gasteiger partial charge in [0.15, 0.2) is 0 Å². The lowest BCUT2D eigenvalue weighted by molar-refractivity contribution is -0.274. The van der Waals surface area contributed by atoms with E-state index in [0.717, 1.165) is 24.1 Å². The van der Waals surface area contributed by atoms with Gasteiger partial charge in [0.1, 0.15) is 5.75 Å². The van der Waals surface area contributed by atoms with Crippen LogP contribution in [0.15, 0.2) is 55.0 Å².